The first-order valence-corrected chi connectivity index (χ1v) is 5.65. The van der Waals surface area contributed by atoms with Crippen LogP contribution in [0.4, 0.5) is 15.9 Å². The molecular formula is C12H11FN4O3. The van der Waals surface area contributed by atoms with Crippen LogP contribution in [0.25, 0.3) is 0 Å². The largest absolute Gasteiger partial charge is 0.436 e. The summed E-state index contributed by atoms with van der Waals surface area (Å²) in [7, 11) is 1.68. The maximum absolute atomic E-state index is 13.7. The SMILES string of the molecule is CNc1cc(Oc2ccc([N+](=O)[O-])cc2F)nc(C)n1. The summed E-state index contributed by atoms with van der Waals surface area (Å²) >= 11 is 0. The van der Waals surface area contributed by atoms with E-state index in [2.05, 4.69) is 15.3 Å². The van der Waals surface area contributed by atoms with E-state index in [-0.39, 0.29) is 17.3 Å². The van der Waals surface area contributed by atoms with E-state index >= 15 is 0 Å². The first-order valence-electron chi connectivity index (χ1n) is 5.65. The molecule has 1 heterocycles. The van der Waals surface area contributed by atoms with Crippen LogP contribution in [-0.2, 0) is 0 Å². The van der Waals surface area contributed by atoms with Crippen LogP contribution in [0.2, 0.25) is 0 Å². The summed E-state index contributed by atoms with van der Waals surface area (Å²) in [4.78, 5) is 17.9. The predicted octanol–water partition coefficient (Wildman–Crippen LogP) is 2.67. The van der Waals surface area contributed by atoms with Crippen molar-refractivity contribution in [3.8, 4) is 11.6 Å². The number of nitro benzene ring substituents is 1. The molecule has 1 N–H and O–H groups in total. The summed E-state index contributed by atoms with van der Waals surface area (Å²) in [5.74, 6) is 0.149. The zero-order valence-corrected chi connectivity index (χ0v) is 10.8. The molecule has 0 unspecified atom stereocenters. The minimum atomic E-state index is -0.832. The minimum Gasteiger partial charge on any atom is -0.436 e. The molecule has 0 amide bonds. The molecule has 0 saturated carbocycles. The highest BCUT2D eigenvalue weighted by molar-refractivity contribution is 5.42. The van der Waals surface area contributed by atoms with Crippen LogP contribution in [0.1, 0.15) is 5.82 Å². The Hall–Kier alpha value is -2.77. The Labute approximate surface area is 113 Å². The number of nitrogens with one attached hydrogen (secondary N) is 1. The van der Waals surface area contributed by atoms with Gasteiger partial charge in [0, 0.05) is 19.2 Å². The van der Waals surface area contributed by atoms with E-state index in [4.69, 9.17) is 4.74 Å². The third-order valence-corrected chi connectivity index (χ3v) is 2.41. The molecule has 8 heteroatoms. The number of benzene rings is 1. The number of non-ortho nitro benzene ring substituents is 1. The summed E-state index contributed by atoms with van der Waals surface area (Å²) < 4.78 is 19.0. The van der Waals surface area contributed by atoms with Crippen molar-refractivity contribution >= 4 is 11.5 Å². The third-order valence-electron chi connectivity index (χ3n) is 2.41. The average molecular weight is 278 g/mol. The molecule has 0 aliphatic rings. The number of aryl methyl sites for hydroxylation is 1. The summed E-state index contributed by atoms with van der Waals surface area (Å²) in [5.41, 5.74) is -0.343. The number of nitrogens with zero attached hydrogens (tertiary/aromatic N) is 3. The lowest BCUT2D eigenvalue weighted by Gasteiger charge is -2.08. The molecule has 0 atom stereocenters. The Morgan fingerprint density at radius 3 is 2.70 bits per heavy atom. The van der Waals surface area contributed by atoms with Gasteiger partial charge in [-0.15, -0.1) is 0 Å². The van der Waals surface area contributed by atoms with Crippen LogP contribution in [-0.4, -0.2) is 21.9 Å². The van der Waals surface area contributed by atoms with Crippen LogP contribution in [0.3, 0.4) is 0 Å². The minimum absolute atomic E-state index is 0.143. The second kappa shape index (κ2) is 5.47. The molecule has 0 aliphatic carbocycles. The van der Waals surface area contributed by atoms with Crippen molar-refractivity contribution in [3.63, 3.8) is 0 Å². The zero-order valence-electron chi connectivity index (χ0n) is 10.8. The number of hydrogen-bond donors (Lipinski definition) is 1. The lowest BCUT2D eigenvalue weighted by molar-refractivity contribution is -0.385. The van der Waals surface area contributed by atoms with Gasteiger partial charge in [0.25, 0.3) is 5.69 Å². The Bertz CT molecular complexity index is 663. The molecule has 2 aromatic rings. The monoisotopic (exact) mass is 278 g/mol. The molecule has 2 rings (SSSR count). The second-order valence-corrected chi connectivity index (χ2v) is 3.86. The fourth-order valence-electron chi connectivity index (χ4n) is 1.52. The van der Waals surface area contributed by atoms with Crippen LogP contribution >= 0.6 is 0 Å². The number of hydrogen-bond acceptors (Lipinski definition) is 6. The molecule has 0 saturated heterocycles. The van der Waals surface area contributed by atoms with Crippen molar-refractivity contribution in [3.05, 3.63) is 46.0 Å². The van der Waals surface area contributed by atoms with Crippen molar-refractivity contribution < 1.29 is 14.1 Å². The van der Waals surface area contributed by atoms with Crippen LogP contribution < -0.4 is 10.1 Å². The maximum Gasteiger partial charge on any atom is 0.272 e. The van der Waals surface area contributed by atoms with Gasteiger partial charge in [-0.3, -0.25) is 10.1 Å². The van der Waals surface area contributed by atoms with Crippen molar-refractivity contribution in [1.29, 1.82) is 0 Å². The fourth-order valence-corrected chi connectivity index (χ4v) is 1.52. The summed E-state index contributed by atoms with van der Waals surface area (Å²) in [5, 5.41) is 13.3. The lowest BCUT2D eigenvalue weighted by atomic mass is 10.3. The quantitative estimate of drug-likeness (QED) is 0.683. The van der Waals surface area contributed by atoms with E-state index in [9.17, 15) is 14.5 Å². The van der Waals surface area contributed by atoms with Gasteiger partial charge in [0.15, 0.2) is 11.6 Å². The van der Waals surface area contributed by atoms with E-state index in [0.717, 1.165) is 12.1 Å². The van der Waals surface area contributed by atoms with E-state index in [1.54, 1.807) is 14.0 Å². The van der Waals surface area contributed by atoms with Gasteiger partial charge in [-0.25, -0.2) is 9.37 Å². The van der Waals surface area contributed by atoms with Crippen LogP contribution in [0.5, 0.6) is 11.6 Å². The van der Waals surface area contributed by atoms with Gasteiger partial charge in [-0.05, 0) is 13.0 Å². The number of aromatic nitrogens is 2. The zero-order chi connectivity index (χ0) is 14.7. The first kappa shape index (κ1) is 13.7. The first-order chi connectivity index (χ1) is 9.49. The van der Waals surface area contributed by atoms with Gasteiger partial charge in [-0.1, -0.05) is 0 Å². The van der Waals surface area contributed by atoms with Gasteiger partial charge in [0.2, 0.25) is 5.88 Å². The molecule has 104 valence electrons. The van der Waals surface area contributed by atoms with Gasteiger partial charge in [-0.2, -0.15) is 4.98 Å². The normalized spacial score (nSPS) is 10.2. The lowest BCUT2D eigenvalue weighted by Crippen LogP contribution is -1.99. The smallest absolute Gasteiger partial charge is 0.272 e. The Balaban J connectivity index is 2.30. The maximum atomic E-state index is 13.7. The third kappa shape index (κ3) is 2.97. The van der Waals surface area contributed by atoms with Crippen LogP contribution in [0.15, 0.2) is 24.3 Å². The van der Waals surface area contributed by atoms with E-state index < -0.39 is 10.7 Å². The van der Waals surface area contributed by atoms with E-state index in [0.29, 0.717) is 11.6 Å². The van der Waals surface area contributed by atoms with Gasteiger partial charge in [0.1, 0.15) is 11.6 Å². The standard InChI is InChI=1S/C12H11FN4O3/c1-7-15-11(14-2)6-12(16-7)20-10-4-3-8(17(18)19)5-9(10)13/h3-6H,1-2H3,(H,14,15,16). The highest BCUT2D eigenvalue weighted by atomic mass is 19.1. The van der Waals surface area contributed by atoms with Crippen molar-refractivity contribution in [2.75, 3.05) is 12.4 Å². The second-order valence-electron chi connectivity index (χ2n) is 3.86. The molecule has 7 nitrogen and oxygen atoms in total. The number of ether oxygens (including phenoxy) is 1. The molecule has 0 bridgehead atoms. The molecule has 0 fully saturated rings. The Morgan fingerprint density at radius 1 is 1.35 bits per heavy atom. The Kier molecular flexibility index (Phi) is 3.74. The average Bonchev–Trinajstić information content (AvgIpc) is 2.40. The van der Waals surface area contributed by atoms with E-state index in [1.807, 2.05) is 0 Å². The van der Waals surface area contributed by atoms with Crippen molar-refractivity contribution in [2.45, 2.75) is 6.92 Å². The molecule has 1 aromatic carbocycles. The highest BCUT2D eigenvalue weighted by Crippen LogP contribution is 2.27. The Morgan fingerprint density at radius 2 is 2.10 bits per heavy atom. The number of halogens is 1. The van der Waals surface area contributed by atoms with Gasteiger partial charge < -0.3 is 10.1 Å². The van der Waals surface area contributed by atoms with Crippen molar-refractivity contribution in [1.82, 2.24) is 9.97 Å². The van der Waals surface area contributed by atoms with Crippen LogP contribution in [0, 0.1) is 22.9 Å². The molecule has 20 heavy (non-hydrogen) atoms. The fraction of sp³-hybridized carbons (Fsp3) is 0.167. The summed E-state index contributed by atoms with van der Waals surface area (Å²) in [6.45, 7) is 1.67. The number of anilines is 1. The van der Waals surface area contributed by atoms with Gasteiger partial charge >= 0.3 is 0 Å². The topological polar surface area (TPSA) is 90.2 Å². The highest BCUT2D eigenvalue weighted by Gasteiger charge is 2.13. The summed E-state index contributed by atoms with van der Waals surface area (Å²) in [6, 6.07) is 4.63. The predicted molar refractivity (Wildman–Crippen MR) is 69.4 cm³/mol. The molecule has 0 aliphatic heterocycles. The molecular weight excluding hydrogens is 267 g/mol. The van der Waals surface area contributed by atoms with E-state index in [1.165, 1.54) is 12.1 Å². The summed E-state index contributed by atoms with van der Waals surface area (Å²) in [6.07, 6.45) is 0. The van der Waals surface area contributed by atoms with Gasteiger partial charge in [0.05, 0.1) is 11.0 Å². The molecule has 1 aromatic heterocycles. The number of rotatable bonds is 4. The van der Waals surface area contributed by atoms with Crippen molar-refractivity contribution in [2.24, 2.45) is 0 Å². The molecule has 0 radical (unpaired) electrons. The number of nitro groups is 1. The molecule has 0 spiro atoms.